The van der Waals surface area contributed by atoms with E-state index < -0.39 is 0 Å². The lowest BCUT2D eigenvalue weighted by Crippen LogP contribution is -2.10. The second kappa shape index (κ2) is 9.52. The van der Waals surface area contributed by atoms with E-state index in [9.17, 15) is 9.81 Å². The summed E-state index contributed by atoms with van der Waals surface area (Å²) in [5, 5.41) is 9.07. The minimum atomic E-state index is -0.0120. The average Bonchev–Trinajstić information content (AvgIpc) is 2.65. The summed E-state index contributed by atoms with van der Waals surface area (Å²) >= 11 is 0. The van der Waals surface area contributed by atoms with Crippen LogP contribution in [0.15, 0.2) is 58.9 Å². The zero-order valence-electron chi connectivity index (χ0n) is 13.5. The molecule has 2 aromatic carbocycles. The van der Waals surface area contributed by atoms with Gasteiger partial charge in [0.05, 0.1) is 0 Å². The zero-order chi connectivity index (χ0) is 17.2. The Balaban J connectivity index is 1.61. The molecule has 0 amide bonds. The molecule has 1 atom stereocenters. The van der Waals surface area contributed by atoms with Crippen LogP contribution in [0.5, 0.6) is 0 Å². The molecule has 24 heavy (non-hydrogen) atoms. The predicted octanol–water partition coefficient (Wildman–Crippen LogP) is 5.15. The highest BCUT2D eigenvalue weighted by Gasteiger charge is 2.05. The van der Waals surface area contributed by atoms with E-state index in [1.165, 1.54) is 0 Å². The SMILES string of the molecule is NC(CCCCCNc1ccc(N=O)cc1)c1ccc(N=O)cc1. The van der Waals surface area contributed by atoms with Gasteiger partial charge in [0, 0.05) is 18.3 Å². The molecule has 3 N–H and O–H groups in total. The third-order valence-electron chi connectivity index (χ3n) is 3.92. The van der Waals surface area contributed by atoms with Gasteiger partial charge < -0.3 is 11.1 Å². The van der Waals surface area contributed by atoms with E-state index in [0.29, 0.717) is 11.4 Å². The second-order valence-corrected chi connectivity index (χ2v) is 5.70. The van der Waals surface area contributed by atoms with E-state index in [0.717, 1.165) is 43.5 Å². The fourth-order valence-corrected chi connectivity index (χ4v) is 2.49. The molecule has 0 bridgehead atoms. The Bertz CT molecular complexity index is 641. The molecule has 0 spiro atoms. The third kappa shape index (κ3) is 5.55. The standard InChI is InChI=1S/C18H22N4O2/c19-18(14-5-7-16(21-23)8-6-14)4-2-1-3-13-20-15-9-11-17(22-24)12-10-15/h5-12,18,20H,1-4,13,19H2. The smallest absolute Gasteiger partial charge is 0.108 e. The molecule has 1 unspecified atom stereocenters. The van der Waals surface area contributed by atoms with Crippen molar-refractivity contribution in [3.63, 3.8) is 0 Å². The van der Waals surface area contributed by atoms with Gasteiger partial charge in [0.25, 0.3) is 0 Å². The van der Waals surface area contributed by atoms with E-state index >= 15 is 0 Å². The third-order valence-corrected chi connectivity index (χ3v) is 3.92. The first-order chi connectivity index (χ1) is 11.7. The summed E-state index contributed by atoms with van der Waals surface area (Å²) in [6, 6.07) is 14.2. The Kier molecular flexibility index (Phi) is 7.04. The molecule has 0 aliphatic heterocycles. The summed E-state index contributed by atoms with van der Waals surface area (Å²) in [6.07, 6.45) is 4.09. The number of nitrogens with one attached hydrogen (secondary N) is 1. The van der Waals surface area contributed by atoms with E-state index in [-0.39, 0.29) is 6.04 Å². The Hall–Kier alpha value is -2.60. The van der Waals surface area contributed by atoms with Gasteiger partial charge in [-0.15, -0.1) is 9.81 Å². The van der Waals surface area contributed by atoms with Crippen molar-refractivity contribution in [2.45, 2.75) is 31.7 Å². The highest BCUT2D eigenvalue weighted by Crippen LogP contribution is 2.21. The first kappa shape index (κ1) is 17.7. The molecular weight excluding hydrogens is 304 g/mol. The number of benzene rings is 2. The summed E-state index contributed by atoms with van der Waals surface area (Å²) in [4.78, 5) is 20.7. The number of anilines is 1. The summed E-state index contributed by atoms with van der Waals surface area (Å²) in [5.41, 5.74) is 9.04. The van der Waals surface area contributed by atoms with Crippen molar-refractivity contribution in [3.05, 3.63) is 63.9 Å². The van der Waals surface area contributed by atoms with Crippen molar-refractivity contribution in [1.29, 1.82) is 0 Å². The average molecular weight is 326 g/mol. The van der Waals surface area contributed by atoms with Gasteiger partial charge in [-0.25, -0.2) is 0 Å². The maximum absolute atomic E-state index is 10.4. The van der Waals surface area contributed by atoms with Crippen LogP contribution in [0, 0.1) is 9.81 Å². The Morgan fingerprint density at radius 2 is 1.42 bits per heavy atom. The zero-order valence-corrected chi connectivity index (χ0v) is 13.5. The van der Waals surface area contributed by atoms with E-state index in [1.807, 2.05) is 24.3 Å². The van der Waals surface area contributed by atoms with Gasteiger partial charge in [0.2, 0.25) is 0 Å². The van der Waals surface area contributed by atoms with Crippen LogP contribution in [0.4, 0.5) is 17.1 Å². The summed E-state index contributed by atoms with van der Waals surface area (Å²) < 4.78 is 0. The molecule has 0 aliphatic rings. The highest BCUT2D eigenvalue weighted by atomic mass is 16.3. The molecule has 0 saturated carbocycles. The van der Waals surface area contributed by atoms with Crippen LogP contribution in [0.2, 0.25) is 0 Å². The van der Waals surface area contributed by atoms with Crippen molar-refractivity contribution in [2.75, 3.05) is 11.9 Å². The second-order valence-electron chi connectivity index (χ2n) is 5.70. The topological polar surface area (TPSA) is 96.9 Å². The van der Waals surface area contributed by atoms with Crippen LogP contribution in [0.1, 0.15) is 37.3 Å². The van der Waals surface area contributed by atoms with Gasteiger partial charge in [0.1, 0.15) is 11.4 Å². The minimum absolute atomic E-state index is 0.0120. The van der Waals surface area contributed by atoms with Crippen molar-refractivity contribution in [2.24, 2.45) is 16.1 Å². The van der Waals surface area contributed by atoms with Crippen LogP contribution in [-0.2, 0) is 0 Å². The molecule has 0 aromatic heterocycles. The molecule has 0 radical (unpaired) electrons. The lowest BCUT2D eigenvalue weighted by molar-refractivity contribution is 0.576. The van der Waals surface area contributed by atoms with Crippen molar-refractivity contribution >= 4 is 17.1 Å². The number of unbranched alkanes of at least 4 members (excludes halogenated alkanes) is 2. The lowest BCUT2D eigenvalue weighted by Gasteiger charge is -2.12. The molecular formula is C18H22N4O2. The van der Waals surface area contributed by atoms with Gasteiger partial charge in [0.15, 0.2) is 0 Å². The molecule has 6 heteroatoms. The van der Waals surface area contributed by atoms with Crippen LogP contribution >= 0.6 is 0 Å². The lowest BCUT2D eigenvalue weighted by atomic mass is 10.0. The number of nitroso groups, excluding NO2 is 2. The van der Waals surface area contributed by atoms with Crippen LogP contribution < -0.4 is 11.1 Å². The van der Waals surface area contributed by atoms with Crippen LogP contribution in [0.25, 0.3) is 0 Å². The van der Waals surface area contributed by atoms with Gasteiger partial charge in [-0.05, 0) is 65.2 Å². The monoisotopic (exact) mass is 326 g/mol. The molecule has 2 rings (SSSR count). The fraction of sp³-hybridized carbons (Fsp3) is 0.333. The molecule has 0 fully saturated rings. The number of rotatable bonds is 10. The Morgan fingerprint density at radius 3 is 2.00 bits per heavy atom. The quantitative estimate of drug-likeness (QED) is 0.466. The largest absolute Gasteiger partial charge is 0.385 e. The maximum atomic E-state index is 10.4. The number of hydrogen-bond donors (Lipinski definition) is 2. The Morgan fingerprint density at radius 1 is 0.833 bits per heavy atom. The first-order valence-corrected chi connectivity index (χ1v) is 8.09. The molecule has 126 valence electrons. The summed E-state index contributed by atoms with van der Waals surface area (Å²) in [5.74, 6) is 0. The van der Waals surface area contributed by atoms with Crippen molar-refractivity contribution in [1.82, 2.24) is 0 Å². The summed E-state index contributed by atoms with van der Waals surface area (Å²) in [6.45, 7) is 0.878. The molecule has 0 heterocycles. The minimum Gasteiger partial charge on any atom is -0.385 e. The fourth-order valence-electron chi connectivity index (χ4n) is 2.49. The van der Waals surface area contributed by atoms with Crippen molar-refractivity contribution in [3.8, 4) is 0 Å². The number of hydrogen-bond acceptors (Lipinski definition) is 6. The van der Waals surface area contributed by atoms with Gasteiger partial charge >= 0.3 is 0 Å². The van der Waals surface area contributed by atoms with Gasteiger partial charge in [-0.1, -0.05) is 25.0 Å². The number of nitrogens with two attached hydrogens (primary N) is 1. The molecule has 2 aromatic rings. The van der Waals surface area contributed by atoms with Gasteiger partial charge in [-0.2, -0.15) is 0 Å². The van der Waals surface area contributed by atoms with Crippen molar-refractivity contribution < 1.29 is 0 Å². The van der Waals surface area contributed by atoms with Crippen LogP contribution in [-0.4, -0.2) is 6.54 Å². The highest BCUT2D eigenvalue weighted by molar-refractivity contribution is 5.50. The molecule has 6 nitrogen and oxygen atoms in total. The van der Waals surface area contributed by atoms with Crippen LogP contribution in [0.3, 0.4) is 0 Å². The molecule has 0 saturated heterocycles. The predicted molar refractivity (Wildman–Crippen MR) is 97.7 cm³/mol. The van der Waals surface area contributed by atoms with E-state index in [1.54, 1.807) is 24.3 Å². The maximum Gasteiger partial charge on any atom is 0.108 e. The molecule has 0 aliphatic carbocycles. The first-order valence-electron chi connectivity index (χ1n) is 8.09. The Labute approximate surface area is 141 Å². The normalized spacial score (nSPS) is 11.7. The summed E-state index contributed by atoms with van der Waals surface area (Å²) in [7, 11) is 0. The van der Waals surface area contributed by atoms with E-state index in [2.05, 4.69) is 15.7 Å². The van der Waals surface area contributed by atoms with Gasteiger partial charge in [-0.3, -0.25) is 0 Å². The van der Waals surface area contributed by atoms with E-state index in [4.69, 9.17) is 5.73 Å². The number of nitrogens with zero attached hydrogens (tertiary/aromatic N) is 2.